The van der Waals surface area contributed by atoms with E-state index in [0.29, 0.717) is 6.42 Å². The summed E-state index contributed by atoms with van der Waals surface area (Å²) in [6, 6.07) is 21.6. The zero-order valence-corrected chi connectivity index (χ0v) is 17.4. The van der Waals surface area contributed by atoms with E-state index in [9.17, 15) is 19.5 Å². The average molecular weight is 436 g/mol. The van der Waals surface area contributed by atoms with Gasteiger partial charge in [0.25, 0.3) is 5.91 Å². The van der Waals surface area contributed by atoms with E-state index in [1.165, 1.54) is 18.2 Å². The number of fused-ring (bicyclic) bond motifs is 4. The molecular weight excluding hydrogens is 418 g/mol. The van der Waals surface area contributed by atoms with E-state index in [1.807, 2.05) is 54.6 Å². The van der Waals surface area contributed by atoms with Gasteiger partial charge in [0, 0.05) is 28.6 Å². The number of imide groups is 1. The van der Waals surface area contributed by atoms with Gasteiger partial charge in [0.15, 0.2) is 0 Å². The maximum absolute atomic E-state index is 13.7. The molecule has 0 radical (unpaired) electrons. The molecule has 7 heteroatoms. The molecule has 1 N–H and O–H groups in total. The highest BCUT2D eigenvalue weighted by molar-refractivity contribution is 6.23. The van der Waals surface area contributed by atoms with Crippen LogP contribution < -0.4 is 10.0 Å². The van der Waals surface area contributed by atoms with Crippen LogP contribution >= 0.6 is 0 Å². The summed E-state index contributed by atoms with van der Waals surface area (Å²) >= 11 is 0. The first-order chi connectivity index (χ1) is 16.1. The van der Waals surface area contributed by atoms with Crippen molar-refractivity contribution in [2.45, 2.75) is 18.5 Å². The Balaban J connectivity index is 1.55. The minimum atomic E-state index is -1.44. The van der Waals surface area contributed by atoms with Crippen LogP contribution in [-0.2, 0) is 11.2 Å². The minimum absolute atomic E-state index is 0.0298. The molecule has 6 rings (SSSR count). The molecule has 0 bridgehead atoms. The summed E-state index contributed by atoms with van der Waals surface area (Å²) in [5.74, 6) is -1.88. The molecule has 3 aromatic carbocycles. The Labute approximate surface area is 188 Å². The maximum Gasteiger partial charge on any atom is 0.332 e. The Bertz CT molecular complexity index is 1440. The molecule has 33 heavy (non-hydrogen) atoms. The summed E-state index contributed by atoms with van der Waals surface area (Å²) in [5, 5.41) is 12.7. The third-order valence-corrected chi connectivity index (χ3v) is 6.53. The van der Waals surface area contributed by atoms with Crippen molar-refractivity contribution in [3.8, 4) is 0 Å². The zero-order valence-electron chi connectivity index (χ0n) is 17.4. The molecule has 1 fully saturated rings. The van der Waals surface area contributed by atoms with Crippen molar-refractivity contribution in [2.24, 2.45) is 0 Å². The quantitative estimate of drug-likeness (QED) is 0.500. The molecule has 2 aliphatic rings. The second-order valence-electron chi connectivity index (χ2n) is 8.26. The highest BCUT2D eigenvalue weighted by atomic mass is 16.4. The molecule has 0 aliphatic carbocycles. The third kappa shape index (κ3) is 2.72. The lowest BCUT2D eigenvalue weighted by atomic mass is 9.89. The summed E-state index contributed by atoms with van der Waals surface area (Å²) in [4.78, 5) is 45.1. The second kappa shape index (κ2) is 7.06. The van der Waals surface area contributed by atoms with E-state index in [1.54, 1.807) is 11.0 Å². The molecule has 0 unspecified atom stereocenters. The largest absolute Gasteiger partial charge is 0.545 e. The number of carbonyl (C=O) groups is 3. The SMILES string of the molecule is O=C([O-])c1ccccc1N1C(=O)[C@@H]2Cc3c([nH]c4ccccc34)[C@@H](c3ccccc3)N2C1=O. The number of rotatable bonds is 3. The number of para-hydroxylation sites is 2. The first kappa shape index (κ1) is 19.3. The number of urea groups is 1. The van der Waals surface area contributed by atoms with Crippen molar-refractivity contribution >= 4 is 34.5 Å². The van der Waals surface area contributed by atoms with Gasteiger partial charge in [-0.2, -0.15) is 0 Å². The molecule has 2 aliphatic heterocycles. The number of hydrogen-bond acceptors (Lipinski definition) is 4. The standard InChI is InChI=1S/C26H19N3O4/c30-24-21-14-18-16-10-4-6-12-19(16)27-22(18)23(15-8-2-1-3-9-15)28(21)26(33)29(24)20-13-7-5-11-17(20)25(31)32/h1-13,21,23,27H,14H2,(H,31,32)/p-1/t21-,23+/m0/s1. The van der Waals surface area contributed by atoms with Crippen LogP contribution in [0.3, 0.4) is 0 Å². The van der Waals surface area contributed by atoms with Gasteiger partial charge in [0.2, 0.25) is 0 Å². The number of carbonyl (C=O) groups excluding carboxylic acids is 3. The lowest BCUT2D eigenvalue weighted by Gasteiger charge is -2.36. The Morgan fingerprint density at radius 3 is 2.39 bits per heavy atom. The molecule has 162 valence electrons. The predicted molar refractivity (Wildman–Crippen MR) is 120 cm³/mol. The van der Waals surface area contributed by atoms with Crippen LogP contribution in [0, 0.1) is 0 Å². The van der Waals surface area contributed by atoms with E-state index in [-0.39, 0.29) is 11.3 Å². The molecule has 2 atom stereocenters. The van der Waals surface area contributed by atoms with Gasteiger partial charge < -0.3 is 14.9 Å². The van der Waals surface area contributed by atoms with E-state index >= 15 is 0 Å². The van der Waals surface area contributed by atoms with Crippen LogP contribution in [0.4, 0.5) is 10.5 Å². The molecular formula is C26H18N3O4-. The van der Waals surface area contributed by atoms with Gasteiger partial charge in [0.1, 0.15) is 12.1 Å². The number of aromatic carboxylic acids is 1. The Hall–Kier alpha value is -4.39. The van der Waals surface area contributed by atoms with E-state index in [4.69, 9.17) is 0 Å². The van der Waals surface area contributed by atoms with E-state index in [2.05, 4.69) is 4.98 Å². The number of hydrogen-bond donors (Lipinski definition) is 1. The van der Waals surface area contributed by atoms with Crippen LogP contribution in [0.2, 0.25) is 0 Å². The average Bonchev–Trinajstić information content (AvgIpc) is 3.33. The fourth-order valence-electron chi connectivity index (χ4n) is 5.12. The van der Waals surface area contributed by atoms with Crippen molar-refractivity contribution < 1.29 is 19.5 Å². The van der Waals surface area contributed by atoms with Crippen molar-refractivity contribution in [1.29, 1.82) is 0 Å². The van der Waals surface area contributed by atoms with Gasteiger partial charge in [-0.15, -0.1) is 0 Å². The smallest absolute Gasteiger partial charge is 0.332 e. The fraction of sp³-hybridized carbons (Fsp3) is 0.115. The van der Waals surface area contributed by atoms with Crippen molar-refractivity contribution in [3.05, 3.63) is 101 Å². The molecule has 3 amide bonds. The minimum Gasteiger partial charge on any atom is -0.545 e. The first-order valence-corrected chi connectivity index (χ1v) is 10.7. The Morgan fingerprint density at radius 1 is 0.909 bits per heavy atom. The van der Waals surface area contributed by atoms with Crippen LogP contribution in [-0.4, -0.2) is 33.8 Å². The van der Waals surface area contributed by atoms with Gasteiger partial charge in [0.05, 0.1) is 11.7 Å². The van der Waals surface area contributed by atoms with Crippen molar-refractivity contribution in [2.75, 3.05) is 4.90 Å². The number of anilines is 1. The molecule has 0 saturated carbocycles. The van der Waals surface area contributed by atoms with Crippen LogP contribution in [0.15, 0.2) is 78.9 Å². The van der Waals surface area contributed by atoms with Gasteiger partial charge >= 0.3 is 6.03 Å². The number of benzene rings is 3. The summed E-state index contributed by atoms with van der Waals surface area (Å²) in [6.45, 7) is 0. The van der Waals surface area contributed by atoms with Crippen LogP contribution in [0.5, 0.6) is 0 Å². The monoisotopic (exact) mass is 436 g/mol. The molecule has 3 heterocycles. The normalized spacial score (nSPS) is 19.6. The number of nitrogens with one attached hydrogen (secondary N) is 1. The van der Waals surface area contributed by atoms with Gasteiger partial charge in [-0.05, 0) is 23.3 Å². The highest BCUT2D eigenvalue weighted by Gasteiger charge is 2.53. The third-order valence-electron chi connectivity index (χ3n) is 6.53. The number of nitrogens with zero attached hydrogens (tertiary/aromatic N) is 2. The summed E-state index contributed by atoms with van der Waals surface area (Å²) in [6.07, 6.45) is 0.344. The van der Waals surface area contributed by atoms with Gasteiger partial charge in [-0.25, -0.2) is 9.69 Å². The van der Waals surface area contributed by atoms with Crippen LogP contribution in [0.1, 0.15) is 33.2 Å². The van der Waals surface area contributed by atoms with Crippen LogP contribution in [0.25, 0.3) is 10.9 Å². The number of carboxylic acids is 1. The summed E-state index contributed by atoms with van der Waals surface area (Å²) < 4.78 is 0. The second-order valence-corrected chi connectivity index (χ2v) is 8.26. The van der Waals surface area contributed by atoms with Crippen molar-refractivity contribution in [1.82, 2.24) is 9.88 Å². The number of H-pyrrole nitrogens is 1. The molecule has 7 nitrogen and oxygen atoms in total. The molecule has 4 aromatic rings. The van der Waals surface area contributed by atoms with E-state index in [0.717, 1.165) is 32.6 Å². The summed E-state index contributed by atoms with van der Waals surface area (Å²) in [7, 11) is 0. The highest BCUT2D eigenvalue weighted by Crippen LogP contribution is 2.45. The topological polar surface area (TPSA) is 96.5 Å². The Kier molecular flexibility index (Phi) is 4.13. The molecule has 1 saturated heterocycles. The van der Waals surface area contributed by atoms with Gasteiger partial charge in [-0.3, -0.25) is 9.69 Å². The maximum atomic E-state index is 13.7. The Morgan fingerprint density at radius 2 is 1.61 bits per heavy atom. The van der Waals surface area contributed by atoms with Gasteiger partial charge in [-0.1, -0.05) is 66.7 Å². The first-order valence-electron chi connectivity index (χ1n) is 10.7. The van der Waals surface area contributed by atoms with E-state index < -0.39 is 30.0 Å². The molecule has 0 spiro atoms. The van der Waals surface area contributed by atoms with Crippen molar-refractivity contribution in [3.63, 3.8) is 0 Å². The summed E-state index contributed by atoms with van der Waals surface area (Å²) in [5.41, 5.74) is 3.52. The molecule has 1 aromatic heterocycles. The fourth-order valence-corrected chi connectivity index (χ4v) is 5.12. The number of aromatic amines is 1. The number of amides is 3. The lowest BCUT2D eigenvalue weighted by molar-refractivity contribution is -0.254. The number of aromatic nitrogens is 1. The zero-order chi connectivity index (χ0) is 22.7. The number of carboxylic acid groups (broad SMARTS) is 1. The lowest BCUT2D eigenvalue weighted by Crippen LogP contribution is -2.44. The predicted octanol–water partition coefficient (Wildman–Crippen LogP) is 3.01.